The molecule has 104 valence electrons. The monoisotopic (exact) mass is 246 g/mol. The summed E-state index contributed by atoms with van der Waals surface area (Å²) >= 11 is 0. The van der Waals surface area contributed by atoms with Crippen LogP contribution in [0.3, 0.4) is 0 Å². The van der Waals surface area contributed by atoms with Crippen LogP contribution in [-0.4, -0.2) is 34.6 Å². The molecule has 0 amide bonds. The van der Waals surface area contributed by atoms with Crippen LogP contribution in [0.5, 0.6) is 0 Å². The fourth-order valence-corrected chi connectivity index (χ4v) is 2.44. The molecule has 17 heavy (non-hydrogen) atoms. The summed E-state index contributed by atoms with van der Waals surface area (Å²) in [6, 6.07) is 0. The van der Waals surface area contributed by atoms with Crippen molar-refractivity contribution in [3.8, 4) is 0 Å². The van der Waals surface area contributed by atoms with E-state index >= 15 is 0 Å². The molecule has 0 radical (unpaired) electrons. The molecule has 0 fully saturated rings. The van der Waals surface area contributed by atoms with E-state index in [4.69, 9.17) is 5.11 Å². The van der Waals surface area contributed by atoms with Gasteiger partial charge in [0.1, 0.15) is 0 Å². The molecular weight excluding hydrogens is 216 g/mol. The second-order valence-electron chi connectivity index (χ2n) is 5.55. The number of hydrogen-bond acceptors (Lipinski definition) is 3. The van der Waals surface area contributed by atoms with Crippen LogP contribution in [0.15, 0.2) is 0 Å². The Hall–Kier alpha value is -0.120. The molecule has 0 aliphatic rings. The minimum atomic E-state index is -0.429. The van der Waals surface area contributed by atoms with Gasteiger partial charge in [-0.1, -0.05) is 34.1 Å². The van der Waals surface area contributed by atoms with Crippen molar-refractivity contribution >= 4 is 0 Å². The third-order valence-electron chi connectivity index (χ3n) is 4.00. The minimum Gasteiger partial charge on any atom is -0.396 e. The standard InChI is InChI=1S/C14H30O3/c1-5-11(3)14(17)13(9-16)12(4)8-10(2)6-7-15/h10-17H,5-9H2,1-4H3. The Morgan fingerprint density at radius 1 is 1.00 bits per heavy atom. The van der Waals surface area contributed by atoms with E-state index < -0.39 is 6.10 Å². The van der Waals surface area contributed by atoms with E-state index in [-0.39, 0.29) is 31.0 Å². The van der Waals surface area contributed by atoms with E-state index in [1.165, 1.54) is 0 Å². The van der Waals surface area contributed by atoms with Crippen LogP contribution < -0.4 is 0 Å². The Balaban J connectivity index is 4.33. The summed E-state index contributed by atoms with van der Waals surface area (Å²) in [5.41, 5.74) is 0. The van der Waals surface area contributed by atoms with Crippen molar-refractivity contribution in [1.29, 1.82) is 0 Å². The maximum Gasteiger partial charge on any atom is 0.0618 e. The molecular formula is C14H30O3. The average molecular weight is 246 g/mol. The van der Waals surface area contributed by atoms with Crippen LogP contribution in [-0.2, 0) is 0 Å². The van der Waals surface area contributed by atoms with E-state index in [0.717, 1.165) is 19.3 Å². The number of aliphatic hydroxyl groups excluding tert-OH is 3. The number of rotatable bonds is 9. The third kappa shape index (κ3) is 5.84. The van der Waals surface area contributed by atoms with Gasteiger partial charge in [0.15, 0.2) is 0 Å². The van der Waals surface area contributed by atoms with Gasteiger partial charge in [0.2, 0.25) is 0 Å². The maximum atomic E-state index is 10.2. The number of hydrogen-bond donors (Lipinski definition) is 3. The lowest BCUT2D eigenvalue weighted by Crippen LogP contribution is -2.35. The zero-order chi connectivity index (χ0) is 13.4. The lowest BCUT2D eigenvalue weighted by molar-refractivity contribution is -0.00337. The zero-order valence-corrected chi connectivity index (χ0v) is 11.8. The van der Waals surface area contributed by atoms with Crippen molar-refractivity contribution < 1.29 is 15.3 Å². The topological polar surface area (TPSA) is 60.7 Å². The third-order valence-corrected chi connectivity index (χ3v) is 4.00. The van der Waals surface area contributed by atoms with Gasteiger partial charge in [-0.3, -0.25) is 0 Å². The first-order valence-electron chi connectivity index (χ1n) is 6.87. The van der Waals surface area contributed by atoms with Crippen LogP contribution in [0, 0.1) is 23.7 Å². The van der Waals surface area contributed by atoms with Gasteiger partial charge in [-0.15, -0.1) is 0 Å². The zero-order valence-electron chi connectivity index (χ0n) is 11.8. The summed E-state index contributed by atoms with van der Waals surface area (Å²) in [5.74, 6) is 0.896. The average Bonchev–Trinajstić information content (AvgIpc) is 2.28. The van der Waals surface area contributed by atoms with Gasteiger partial charge in [-0.05, 0) is 30.6 Å². The fraction of sp³-hybridized carbons (Fsp3) is 1.00. The van der Waals surface area contributed by atoms with Gasteiger partial charge in [0.05, 0.1) is 6.10 Å². The largest absolute Gasteiger partial charge is 0.396 e. The predicted molar refractivity (Wildman–Crippen MR) is 70.7 cm³/mol. The van der Waals surface area contributed by atoms with Crippen molar-refractivity contribution in [1.82, 2.24) is 0 Å². The highest BCUT2D eigenvalue weighted by molar-refractivity contribution is 4.78. The van der Waals surface area contributed by atoms with Crippen LogP contribution in [0.1, 0.15) is 47.0 Å². The Kier molecular flexibility index (Phi) is 8.83. The molecule has 5 atom stereocenters. The van der Waals surface area contributed by atoms with Crippen LogP contribution in [0.4, 0.5) is 0 Å². The van der Waals surface area contributed by atoms with E-state index in [1.54, 1.807) is 0 Å². The molecule has 0 spiro atoms. The molecule has 0 aliphatic carbocycles. The molecule has 0 aromatic carbocycles. The summed E-state index contributed by atoms with van der Waals surface area (Å²) in [6.07, 6.45) is 2.24. The predicted octanol–water partition coefficient (Wildman–Crippen LogP) is 2.05. The number of aliphatic hydroxyl groups is 3. The highest BCUT2D eigenvalue weighted by atomic mass is 16.3. The van der Waals surface area contributed by atoms with Gasteiger partial charge >= 0.3 is 0 Å². The van der Waals surface area contributed by atoms with Crippen molar-refractivity contribution in [3.05, 3.63) is 0 Å². The van der Waals surface area contributed by atoms with Crippen LogP contribution in [0.2, 0.25) is 0 Å². The molecule has 0 saturated carbocycles. The second kappa shape index (κ2) is 8.90. The molecule has 0 aromatic rings. The second-order valence-corrected chi connectivity index (χ2v) is 5.55. The van der Waals surface area contributed by atoms with Crippen molar-refractivity contribution in [3.63, 3.8) is 0 Å². The first kappa shape index (κ1) is 16.9. The fourth-order valence-electron chi connectivity index (χ4n) is 2.44. The normalized spacial score (nSPS) is 20.6. The summed E-state index contributed by atoms with van der Waals surface area (Å²) < 4.78 is 0. The molecule has 3 N–H and O–H groups in total. The molecule has 0 heterocycles. The van der Waals surface area contributed by atoms with E-state index in [2.05, 4.69) is 20.8 Å². The Morgan fingerprint density at radius 2 is 1.59 bits per heavy atom. The van der Waals surface area contributed by atoms with Gasteiger partial charge in [-0.25, -0.2) is 0 Å². The van der Waals surface area contributed by atoms with Crippen molar-refractivity contribution in [2.75, 3.05) is 13.2 Å². The lowest BCUT2D eigenvalue weighted by atomic mass is 9.78. The summed E-state index contributed by atoms with van der Waals surface area (Å²) in [6.45, 7) is 8.53. The quantitative estimate of drug-likeness (QED) is 0.583. The van der Waals surface area contributed by atoms with Crippen LogP contribution >= 0.6 is 0 Å². The minimum absolute atomic E-state index is 0.0402. The summed E-state index contributed by atoms with van der Waals surface area (Å²) in [5, 5.41) is 28.5. The van der Waals surface area contributed by atoms with E-state index in [0.29, 0.717) is 5.92 Å². The maximum absolute atomic E-state index is 10.2. The lowest BCUT2D eigenvalue weighted by Gasteiger charge is -2.31. The first-order chi connectivity index (χ1) is 7.97. The molecule has 0 aliphatic heterocycles. The highest BCUT2D eigenvalue weighted by Crippen LogP contribution is 2.28. The Bertz CT molecular complexity index is 184. The molecule has 0 bridgehead atoms. The summed E-state index contributed by atoms with van der Waals surface area (Å²) in [7, 11) is 0. The van der Waals surface area contributed by atoms with E-state index in [9.17, 15) is 10.2 Å². The van der Waals surface area contributed by atoms with E-state index in [1.807, 2.05) is 6.92 Å². The molecule has 3 nitrogen and oxygen atoms in total. The van der Waals surface area contributed by atoms with Gasteiger partial charge < -0.3 is 15.3 Å². The van der Waals surface area contributed by atoms with Crippen LogP contribution in [0.25, 0.3) is 0 Å². The summed E-state index contributed by atoms with van der Waals surface area (Å²) in [4.78, 5) is 0. The SMILES string of the molecule is CCC(C)C(O)C(CO)C(C)CC(C)CCO. The molecule has 0 saturated heterocycles. The molecule has 0 rings (SSSR count). The van der Waals surface area contributed by atoms with Gasteiger partial charge in [-0.2, -0.15) is 0 Å². The van der Waals surface area contributed by atoms with Crippen molar-refractivity contribution in [2.45, 2.75) is 53.1 Å². The van der Waals surface area contributed by atoms with Gasteiger partial charge in [0.25, 0.3) is 0 Å². The molecule has 5 unspecified atom stereocenters. The Morgan fingerprint density at radius 3 is 2.00 bits per heavy atom. The Labute approximate surface area is 106 Å². The first-order valence-corrected chi connectivity index (χ1v) is 6.87. The highest BCUT2D eigenvalue weighted by Gasteiger charge is 2.28. The molecule has 3 heteroatoms. The smallest absolute Gasteiger partial charge is 0.0618 e. The van der Waals surface area contributed by atoms with Gasteiger partial charge in [0, 0.05) is 19.1 Å². The molecule has 0 aromatic heterocycles. The van der Waals surface area contributed by atoms with Crippen molar-refractivity contribution in [2.24, 2.45) is 23.7 Å².